The van der Waals surface area contributed by atoms with Gasteiger partial charge >= 0.3 is 6.16 Å². The second-order valence-corrected chi connectivity index (χ2v) is 2.18. The lowest BCUT2D eigenvalue weighted by atomic mass is 10.6. The van der Waals surface area contributed by atoms with Gasteiger partial charge in [-0.2, -0.15) is 4.99 Å². The molecule has 0 amide bonds. The Bertz CT molecular complexity index is 233. The number of guanidine groups is 1. The monoisotopic (exact) mass is 220 g/mol. The fourth-order valence-corrected chi connectivity index (χ4v) is 0.505. The highest BCUT2D eigenvalue weighted by atomic mass is 32.1. The molecule has 0 aromatic carbocycles. The smallest absolute Gasteiger partial charge is 0.450 e. The molecular weight excluding hydrogens is 208 g/mol. The maximum absolute atomic E-state index is 8.56. The molecule has 0 heterocycles. The predicted octanol–water partition coefficient (Wildman–Crippen LogP) is -0.457. The highest BCUT2D eigenvalue weighted by Gasteiger charge is 1.87. The number of hydrogen-bond donors (Lipinski definition) is 5. The summed E-state index contributed by atoms with van der Waals surface area (Å²) in [6.07, 6.45) is -0.172. The molecule has 0 fully saturated rings. The first-order valence-corrected chi connectivity index (χ1v) is 3.71. The molecule has 0 saturated heterocycles. The zero-order chi connectivity index (χ0) is 11.6. The van der Waals surface area contributed by atoms with Crippen molar-refractivity contribution in [2.75, 3.05) is 6.54 Å². The van der Waals surface area contributed by atoms with Crippen LogP contribution in [0.4, 0.5) is 4.79 Å². The van der Waals surface area contributed by atoms with E-state index in [2.05, 4.69) is 29.1 Å². The summed E-state index contributed by atoms with van der Waals surface area (Å²) < 4.78 is 0. The number of nitrogens with two attached hydrogens (primary N) is 2. The standard InChI is InChI=1S/C5H10N4S.CH2O3/c1-2-3-8-5(10)9-4(6)7;2-1(3)4/h2H,1,3H2,(H5,6,7,8,9,10);(H2,2,3,4). The minimum absolute atomic E-state index is 0.0402. The first kappa shape index (κ1) is 14.7. The maximum Gasteiger partial charge on any atom is 0.503 e. The fourth-order valence-electron chi connectivity index (χ4n) is 0.316. The van der Waals surface area contributed by atoms with Crippen LogP contribution in [-0.2, 0) is 0 Å². The van der Waals surface area contributed by atoms with Crippen LogP contribution in [0.2, 0.25) is 0 Å². The van der Waals surface area contributed by atoms with Gasteiger partial charge in [-0.25, -0.2) is 4.79 Å². The fraction of sp³-hybridized carbons (Fsp3) is 0.167. The van der Waals surface area contributed by atoms with Crippen LogP contribution in [0, 0.1) is 0 Å². The van der Waals surface area contributed by atoms with Crippen LogP contribution in [0.25, 0.3) is 0 Å². The number of nitrogens with one attached hydrogen (secondary N) is 1. The first-order chi connectivity index (χ1) is 6.40. The molecule has 14 heavy (non-hydrogen) atoms. The molecule has 0 radical (unpaired) electrons. The predicted molar refractivity (Wildman–Crippen MR) is 57.3 cm³/mol. The Kier molecular flexibility index (Phi) is 9.71. The second kappa shape index (κ2) is 9.26. The van der Waals surface area contributed by atoms with Crippen molar-refractivity contribution in [3.05, 3.63) is 12.7 Å². The van der Waals surface area contributed by atoms with Crippen molar-refractivity contribution in [2.45, 2.75) is 0 Å². The Balaban J connectivity index is 0. The van der Waals surface area contributed by atoms with E-state index in [1.807, 2.05) is 0 Å². The number of nitrogens with zero attached hydrogens (tertiary/aromatic N) is 1. The highest BCUT2D eigenvalue weighted by Crippen LogP contribution is 1.72. The molecule has 0 saturated carbocycles. The molecule has 0 aliphatic carbocycles. The van der Waals surface area contributed by atoms with E-state index in [-0.39, 0.29) is 11.1 Å². The molecule has 0 bridgehead atoms. The number of hydrogen-bond acceptors (Lipinski definition) is 2. The number of carbonyl (C=O) groups is 1. The molecule has 0 rings (SSSR count). The van der Waals surface area contributed by atoms with E-state index in [1.54, 1.807) is 6.08 Å². The Morgan fingerprint density at radius 1 is 1.57 bits per heavy atom. The summed E-state index contributed by atoms with van der Waals surface area (Å²) in [4.78, 5) is 12.1. The number of carboxylic acid groups (broad SMARTS) is 2. The van der Waals surface area contributed by atoms with Crippen molar-refractivity contribution in [3.63, 3.8) is 0 Å². The third-order valence-electron chi connectivity index (χ3n) is 0.628. The van der Waals surface area contributed by atoms with Crippen LogP contribution >= 0.6 is 12.2 Å². The van der Waals surface area contributed by atoms with Crippen LogP contribution in [0.1, 0.15) is 0 Å². The van der Waals surface area contributed by atoms with Crippen LogP contribution in [0.3, 0.4) is 0 Å². The lowest BCUT2D eigenvalue weighted by Gasteiger charge is -1.97. The molecule has 0 spiro atoms. The average Bonchev–Trinajstić information content (AvgIpc) is 1.98. The van der Waals surface area contributed by atoms with E-state index in [0.29, 0.717) is 6.54 Å². The maximum atomic E-state index is 8.56. The average molecular weight is 220 g/mol. The minimum Gasteiger partial charge on any atom is -0.450 e. The summed E-state index contributed by atoms with van der Waals surface area (Å²) in [5.41, 5.74) is 10.1. The van der Waals surface area contributed by atoms with Gasteiger partial charge in [0.1, 0.15) is 0 Å². The van der Waals surface area contributed by atoms with Gasteiger partial charge in [-0.1, -0.05) is 6.08 Å². The summed E-state index contributed by atoms with van der Waals surface area (Å²) in [5.74, 6) is -0.0402. The van der Waals surface area contributed by atoms with Crippen molar-refractivity contribution in [2.24, 2.45) is 16.5 Å². The van der Waals surface area contributed by atoms with E-state index >= 15 is 0 Å². The van der Waals surface area contributed by atoms with Crippen LogP contribution in [0.15, 0.2) is 17.6 Å². The normalized spacial score (nSPS) is 7.43. The van der Waals surface area contributed by atoms with Gasteiger partial charge in [0.15, 0.2) is 11.1 Å². The molecule has 0 aromatic heterocycles. The van der Waals surface area contributed by atoms with E-state index in [0.717, 1.165) is 0 Å². The first-order valence-electron chi connectivity index (χ1n) is 3.30. The van der Waals surface area contributed by atoms with E-state index in [1.165, 1.54) is 0 Å². The molecule has 7 nitrogen and oxygen atoms in total. The van der Waals surface area contributed by atoms with E-state index in [9.17, 15) is 0 Å². The third kappa shape index (κ3) is 22.5. The van der Waals surface area contributed by atoms with Gasteiger partial charge in [0, 0.05) is 6.54 Å². The summed E-state index contributed by atoms with van der Waals surface area (Å²) in [6.45, 7) is 4.04. The quantitative estimate of drug-likeness (QED) is 0.184. The number of aliphatic imine (C=N–C) groups is 1. The van der Waals surface area contributed by atoms with Crippen molar-refractivity contribution in [1.82, 2.24) is 5.32 Å². The molecule has 0 aliphatic heterocycles. The molecule has 0 atom stereocenters. The summed E-state index contributed by atoms with van der Waals surface area (Å²) in [6, 6.07) is 0. The van der Waals surface area contributed by atoms with Gasteiger partial charge < -0.3 is 27.0 Å². The molecule has 80 valence electrons. The Morgan fingerprint density at radius 3 is 2.29 bits per heavy atom. The molecule has 0 unspecified atom stereocenters. The summed E-state index contributed by atoms with van der Waals surface area (Å²) in [7, 11) is 0. The van der Waals surface area contributed by atoms with Crippen LogP contribution < -0.4 is 16.8 Å². The van der Waals surface area contributed by atoms with Crippen molar-refractivity contribution in [1.29, 1.82) is 0 Å². The van der Waals surface area contributed by atoms with Gasteiger partial charge in [-0.3, -0.25) is 0 Å². The Labute approximate surface area is 86.1 Å². The SMILES string of the molecule is C=CCNC(=S)N=C(N)N.O=C(O)O. The Morgan fingerprint density at radius 2 is 2.00 bits per heavy atom. The van der Waals surface area contributed by atoms with Crippen LogP contribution in [0.5, 0.6) is 0 Å². The zero-order valence-corrected chi connectivity index (χ0v) is 8.12. The second-order valence-electron chi connectivity index (χ2n) is 1.79. The number of rotatable bonds is 2. The third-order valence-corrected chi connectivity index (χ3v) is 0.864. The molecular formula is C6H12N4O3S. The summed E-state index contributed by atoms with van der Waals surface area (Å²) in [5, 5.41) is 17.0. The van der Waals surface area contributed by atoms with Crippen LogP contribution in [-0.4, -0.2) is 34.0 Å². The molecule has 8 heteroatoms. The van der Waals surface area contributed by atoms with Gasteiger partial charge in [0.05, 0.1) is 0 Å². The van der Waals surface area contributed by atoms with Gasteiger partial charge in [0.25, 0.3) is 0 Å². The topological polar surface area (TPSA) is 134 Å². The van der Waals surface area contributed by atoms with E-state index < -0.39 is 6.16 Å². The lowest BCUT2D eigenvalue weighted by molar-refractivity contribution is 0.137. The highest BCUT2D eigenvalue weighted by molar-refractivity contribution is 7.80. The zero-order valence-electron chi connectivity index (χ0n) is 7.30. The minimum atomic E-state index is -1.83. The molecule has 0 aliphatic rings. The van der Waals surface area contributed by atoms with Gasteiger partial charge in [-0.05, 0) is 12.2 Å². The molecule has 0 aromatic rings. The molecule has 7 N–H and O–H groups in total. The van der Waals surface area contributed by atoms with Crippen molar-refractivity contribution >= 4 is 29.4 Å². The summed E-state index contributed by atoms with van der Waals surface area (Å²) >= 11 is 4.69. The van der Waals surface area contributed by atoms with Crippen molar-refractivity contribution < 1.29 is 15.0 Å². The van der Waals surface area contributed by atoms with Gasteiger partial charge in [-0.15, -0.1) is 6.58 Å². The number of thiocarbonyl (C=S) groups is 1. The lowest BCUT2D eigenvalue weighted by Crippen LogP contribution is -2.28. The van der Waals surface area contributed by atoms with Crippen molar-refractivity contribution in [3.8, 4) is 0 Å². The Hall–Kier alpha value is -1.83. The largest absolute Gasteiger partial charge is 0.503 e. The van der Waals surface area contributed by atoms with E-state index in [4.69, 9.17) is 26.5 Å². The van der Waals surface area contributed by atoms with Gasteiger partial charge in [0.2, 0.25) is 0 Å².